The van der Waals surface area contributed by atoms with Crippen molar-refractivity contribution in [1.82, 2.24) is 9.97 Å². The van der Waals surface area contributed by atoms with Gasteiger partial charge >= 0.3 is 0 Å². The first-order valence-corrected chi connectivity index (χ1v) is 8.03. The highest BCUT2D eigenvalue weighted by atomic mass is 16.1. The maximum atomic E-state index is 12.7. The number of aromatic nitrogens is 2. The zero-order valence-electron chi connectivity index (χ0n) is 13.1. The van der Waals surface area contributed by atoms with E-state index in [0.717, 1.165) is 52.9 Å². The van der Waals surface area contributed by atoms with Gasteiger partial charge in [0.05, 0.1) is 5.69 Å². The Morgan fingerprint density at radius 1 is 1.22 bits per heavy atom. The Labute approximate surface area is 134 Å². The van der Waals surface area contributed by atoms with E-state index in [-0.39, 0.29) is 11.8 Å². The number of nitrogens with zero attached hydrogens (tertiary/aromatic N) is 1. The first-order valence-electron chi connectivity index (χ1n) is 8.03. The number of carbonyl (C=O) groups excluding carboxylic acids is 1. The minimum absolute atomic E-state index is 0.00122. The Hall–Kier alpha value is -2.62. The number of rotatable bonds is 2. The zero-order chi connectivity index (χ0) is 15.8. The van der Waals surface area contributed by atoms with Crippen LogP contribution in [0.5, 0.6) is 0 Å². The van der Waals surface area contributed by atoms with Crippen molar-refractivity contribution in [3.05, 3.63) is 59.7 Å². The maximum Gasteiger partial charge on any atom is 0.227 e. The largest absolute Gasteiger partial charge is 0.346 e. The number of benzene rings is 2. The van der Waals surface area contributed by atoms with Gasteiger partial charge in [0.2, 0.25) is 5.91 Å². The molecule has 4 heteroatoms. The number of imidazole rings is 1. The lowest BCUT2D eigenvalue weighted by Gasteiger charge is -2.21. The monoisotopic (exact) mass is 305 g/mol. The average molecular weight is 305 g/mol. The molecule has 1 aliphatic rings. The summed E-state index contributed by atoms with van der Waals surface area (Å²) in [5, 5.41) is 5.34. The Morgan fingerprint density at radius 2 is 2.04 bits per heavy atom. The summed E-state index contributed by atoms with van der Waals surface area (Å²) in [6.45, 7) is 1.96. The molecule has 2 N–H and O–H groups in total. The number of amides is 1. The molecule has 0 spiro atoms. The van der Waals surface area contributed by atoms with E-state index >= 15 is 0 Å². The van der Waals surface area contributed by atoms with Gasteiger partial charge in [-0.25, -0.2) is 4.98 Å². The predicted octanol–water partition coefficient (Wildman–Crippen LogP) is 3.61. The first-order chi connectivity index (χ1) is 11.2. The van der Waals surface area contributed by atoms with Crippen molar-refractivity contribution in [2.45, 2.75) is 26.2 Å². The van der Waals surface area contributed by atoms with Gasteiger partial charge in [-0.2, -0.15) is 0 Å². The number of fused-ring (bicyclic) bond motifs is 2. The van der Waals surface area contributed by atoms with Gasteiger partial charge in [0.25, 0.3) is 0 Å². The van der Waals surface area contributed by atoms with Crippen LogP contribution in [0, 0.1) is 12.8 Å². The average Bonchev–Trinajstić information content (AvgIpc) is 2.94. The molecule has 1 atom stereocenters. The molecule has 1 aromatic heterocycles. The van der Waals surface area contributed by atoms with Crippen molar-refractivity contribution in [2.24, 2.45) is 5.92 Å². The van der Waals surface area contributed by atoms with Gasteiger partial charge in [0, 0.05) is 29.1 Å². The summed E-state index contributed by atoms with van der Waals surface area (Å²) in [4.78, 5) is 20.4. The quantitative estimate of drug-likeness (QED) is 0.760. The second kappa shape index (κ2) is 5.54. The molecular formula is C19H19N3O. The molecule has 3 aromatic rings. The molecule has 116 valence electrons. The summed E-state index contributed by atoms with van der Waals surface area (Å²) in [5.74, 6) is 1.03. The van der Waals surface area contributed by atoms with Gasteiger partial charge in [-0.05, 0) is 31.2 Å². The molecule has 0 saturated heterocycles. The number of anilines is 1. The van der Waals surface area contributed by atoms with Crippen molar-refractivity contribution >= 4 is 22.4 Å². The third-order valence-corrected chi connectivity index (χ3v) is 4.58. The second-order valence-corrected chi connectivity index (χ2v) is 6.20. The van der Waals surface area contributed by atoms with E-state index < -0.39 is 0 Å². The van der Waals surface area contributed by atoms with E-state index in [0.29, 0.717) is 0 Å². The van der Waals surface area contributed by atoms with Crippen LogP contribution < -0.4 is 5.32 Å². The highest BCUT2D eigenvalue weighted by Gasteiger charge is 2.27. The lowest BCUT2D eigenvalue weighted by molar-refractivity contribution is -0.120. The molecule has 0 fully saturated rings. The van der Waals surface area contributed by atoms with Crippen LogP contribution in [0.4, 0.5) is 5.69 Å². The third-order valence-electron chi connectivity index (χ3n) is 4.58. The van der Waals surface area contributed by atoms with Crippen LogP contribution >= 0.6 is 0 Å². The van der Waals surface area contributed by atoms with Gasteiger partial charge in [-0.3, -0.25) is 4.79 Å². The van der Waals surface area contributed by atoms with Crippen LogP contribution in [-0.4, -0.2) is 15.9 Å². The minimum Gasteiger partial charge on any atom is -0.346 e. The Balaban J connectivity index is 1.56. The SMILES string of the molecule is Cc1nc2c([nH]1)CC(C(=O)Nc1cccc3ccccc13)CC2. The minimum atomic E-state index is 0.00122. The molecule has 0 bridgehead atoms. The number of nitrogens with one attached hydrogen (secondary N) is 2. The van der Waals surface area contributed by atoms with E-state index in [2.05, 4.69) is 27.4 Å². The van der Waals surface area contributed by atoms with Gasteiger partial charge in [-0.15, -0.1) is 0 Å². The fraction of sp³-hybridized carbons (Fsp3) is 0.263. The Morgan fingerprint density at radius 3 is 2.96 bits per heavy atom. The van der Waals surface area contributed by atoms with Gasteiger partial charge in [0.15, 0.2) is 0 Å². The standard InChI is InChI=1S/C19H19N3O/c1-12-20-17-10-9-14(11-18(17)21-12)19(23)22-16-8-4-6-13-5-2-3-7-15(13)16/h2-8,14H,9-11H2,1H3,(H,20,21)(H,22,23). The summed E-state index contributed by atoms with van der Waals surface area (Å²) < 4.78 is 0. The van der Waals surface area contributed by atoms with Crippen LogP contribution in [-0.2, 0) is 17.6 Å². The number of aryl methyl sites for hydroxylation is 2. The summed E-state index contributed by atoms with van der Waals surface area (Å²) in [6.07, 6.45) is 2.47. The molecule has 0 radical (unpaired) electrons. The van der Waals surface area contributed by atoms with E-state index in [1.54, 1.807) is 0 Å². The first kappa shape index (κ1) is 14.0. The molecule has 4 rings (SSSR count). The molecule has 4 nitrogen and oxygen atoms in total. The Bertz CT molecular complexity index is 876. The topological polar surface area (TPSA) is 57.8 Å². The molecule has 23 heavy (non-hydrogen) atoms. The molecule has 0 aliphatic heterocycles. The third kappa shape index (κ3) is 2.61. The lowest BCUT2D eigenvalue weighted by Crippen LogP contribution is -2.28. The van der Waals surface area contributed by atoms with Crippen LogP contribution in [0.2, 0.25) is 0 Å². The Kier molecular flexibility index (Phi) is 3.37. The smallest absolute Gasteiger partial charge is 0.227 e. The summed E-state index contributed by atoms with van der Waals surface area (Å²) in [6, 6.07) is 14.1. The van der Waals surface area contributed by atoms with E-state index in [1.165, 1.54) is 0 Å². The lowest BCUT2D eigenvalue weighted by atomic mass is 9.89. The van der Waals surface area contributed by atoms with Gasteiger partial charge < -0.3 is 10.3 Å². The van der Waals surface area contributed by atoms with Crippen LogP contribution in [0.3, 0.4) is 0 Å². The van der Waals surface area contributed by atoms with E-state index in [1.807, 2.05) is 37.3 Å². The number of hydrogen-bond acceptors (Lipinski definition) is 2. The number of hydrogen-bond donors (Lipinski definition) is 2. The highest BCUT2D eigenvalue weighted by Crippen LogP contribution is 2.27. The van der Waals surface area contributed by atoms with E-state index in [9.17, 15) is 4.79 Å². The number of aromatic amines is 1. The van der Waals surface area contributed by atoms with Gasteiger partial charge in [-0.1, -0.05) is 36.4 Å². The van der Waals surface area contributed by atoms with Crippen molar-refractivity contribution in [1.29, 1.82) is 0 Å². The highest BCUT2D eigenvalue weighted by molar-refractivity contribution is 6.02. The van der Waals surface area contributed by atoms with Crippen LogP contribution in [0.1, 0.15) is 23.6 Å². The molecule has 1 amide bonds. The normalized spacial score (nSPS) is 17.0. The van der Waals surface area contributed by atoms with Crippen LogP contribution in [0.15, 0.2) is 42.5 Å². The summed E-state index contributed by atoms with van der Waals surface area (Å²) >= 11 is 0. The molecule has 1 aliphatic carbocycles. The zero-order valence-corrected chi connectivity index (χ0v) is 13.1. The van der Waals surface area contributed by atoms with Crippen molar-refractivity contribution < 1.29 is 4.79 Å². The van der Waals surface area contributed by atoms with Gasteiger partial charge in [0.1, 0.15) is 5.82 Å². The fourth-order valence-electron chi connectivity index (χ4n) is 3.42. The van der Waals surface area contributed by atoms with Crippen LogP contribution in [0.25, 0.3) is 10.8 Å². The van der Waals surface area contributed by atoms with E-state index in [4.69, 9.17) is 0 Å². The molecule has 1 unspecified atom stereocenters. The van der Waals surface area contributed by atoms with Crippen molar-refractivity contribution in [3.63, 3.8) is 0 Å². The van der Waals surface area contributed by atoms with Crippen molar-refractivity contribution in [3.8, 4) is 0 Å². The fourth-order valence-corrected chi connectivity index (χ4v) is 3.42. The number of H-pyrrole nitrogens is 1. The number of carbonyl (C=O) groups is 1. The maximum absolute atomic E-state index is 12.7. The molecule has 1 heterocycles. The van der Waals surface area contributed by atoms with Crippen molar-refractivity contribution in [2.75, 3.05) is 5.32 Å². The predicted molar refractivity (Wildman–Crippen MR) is 91.4 cm³/mol. The summed E-state index contributed by atoms with van der Waals surface area (Å²) in [7, 11) is 0. The second-order valence-electron chi connectivity index (χ2n) is 6.20. The summed E-state index contributed by atoms with van der Waals surface area (Å²) in [5.41, 5.74) is 3.13. The molecule has 0 saturated carbocycles. The molecular weight excluding hydrogens is 286 g/mol. The molecule has 2 aromatic carbocycles.